The van der Waals surface area contributed by atoms with Gasteiger partial charge in [0.1, 0.15) is 0 Å². The van der Waals surface area contributed by atoms with E-state index in [-0.39, 0.29) is 18.9 Å². The van der Waals surface area contributed by atoms with Crippen molar-refractivity contribution in [1.29, 1.82) is 0 Å². The first-order valence-electron chi connectivity index (χ1n) is 5.56. The Hall–Kier alpha value is -1.26. The molecule has 1 aromatic heterocycles. The minimum absolute atomic E-state index is 0. The molecular formula is C16H11LiS. The van der Waals surface area contributed by atoms with Crippen LogP contribution in [0.4, 0.5) is 0 Å². The molecule has 0 saturated carbocycles. The van der Waals surface area contributed by atoms with Gasteiger partial charge in [-0.1, -0.05) is 63.8 Å². The molecular weight excluding hydrogens is 231 g/mol. The molecule has 0 aliphatic rings. The smallest absolute Gasteiger partial charge is 0.230 e. The Morgan fingerprint density at radius 1 is 0.722 bits per heavy atom. The molecule has 0 N–H and O–H groups in total. The van der Waals surface area contributed by atoms with Gasteiger partial charge in [-0.15, -0.1) is 17.7 Å². The van der Waals surface area contributed by atoms with Gasteiger partial charge in [-0.2, -0.15) is 12.1 Å². The van der Waals surface area contributed by atoms with Gasteiger partial charge in [0.2, 0.25) is 0 Å². The molecule has 0 spiro atoms. The van der Waals surface area contributed by atoms with E-state index in [2.05, 4.69) is 60.7 Å². The summed E-state index contributed by atoms with van der Waals surface area (Å²) >= 11 is 1.78. The summed E-state index contributed by atoms with van der Waals surface area (Å²) in [5.41, 5.74) is 2.50. The topological polar surface area (TPSA) is 0 Å². The molecule has 18 heavy (non-hydrogen) atoms. The van der Waals surface area contributed by atoms with Gasteiger partial charge in [-0.3, -0.25) is 0 Å². The zero-order valence-electron chi connectivity index (χ0n) is 10.3. The molecule has 3 rings (SSSR count). The van der Waals surface area contributed by atoms with E-state index in [1.807, 2.05) is 12.1 Å². The van der Waals surface area contributed by atoms with Gasteiger partial charge in [0.25, 0.3) is 0 Å². The second-order valence-electron chi connectivity index (χ2n) is 3.82. The minimum Gasteiger partial charge on any atom is -0.230 e. The Labute approximate surface area is 123 Å². The predicted octanol–water partition coefficient (Wildman–Crippen LogP) is 1.89. The first-order chi connectivity index (χ1) is 8.43. The SMILES string of the molecule is [Li+].[c-]1cc(-c2ccccc2)sc1-c1ccccc1. The molecule has 2 heteroatoms. The molecule has 0 unspecified atom stereocenters. The van der Waals surface area contributed by atoms with E-state index in [4.69, 9.17) is 0 Å². The zero-order valence-corrected chi connectivity index (χ0v) is 11.1. The van der Waals surface area contributed by atoms with Gasteiger partial charge >= 0.3 is 18.9 Å². The third-order valence-corrected chi connectivity index (χ3v) is 3.77. The normalized spacial score (nSPS) is 9.78. The number of thiophene rings is 1. The van der Waals surface area contributed by atoms with Crippen molar-refractivity contribution in [1.82, 2.24) is 0 Å². The second kappa shape index (κ2) is 6.07. The Kier molecular flexibility index (Phi) is 4.44. The Balaban J connectivity index is 0.00000120. The monoisotopic (exact) mass is 242 g/mol. The van der Waals surface area contributed by atoms with Crippen LogP contribution in [-0.4, -0.2) is 0 Å². The van der Waals surface area contributed by atoms with Crippen LogP contribution >= 0.6 is 11.3 Å². The van der Waals surface area contributed by atoms with Crippen LogP contribution in [0, 0.1) is 6.07 Å². The number of rotatable bonds is 2. The largest absolute Gasteiger partial charge is 1.00 e. The maximum Gasteiger partial charge on any atom is 1.00 e. The van der Waals surface area contributed by atoms with E-state index in [0.29, 0.717) is 0 Å². The van der Waals surface area contributed by atoms with Gasteiger partial charge in [-0.05, 0) is 0 Å². The molecule has 82 valence electrons. The summed E-state index contributed by atoms with van der Waals surface area (Å²) in [5.74, 6) is 0. The van der Waals surface area contributed by atoms with Crippen molar-refractivity contribution in [2.75, 3.05) is 0 Å². The molecule has 0 aliphatic carbocycles. The maximum atomic E-state index is 3.34. The van der Waals surface area contributed by atoms with Crippen LogP contribution in [0.2, 0.25) is 0 Å². The number of hydrogen-bond donors (Lipinski definition) is 0. The first kappa shape index (κ1) is 13.2. The summed E-state index contributed by atoms with van der Waals surface area (Å²) in [6.07, 6.45) is 0. The van der Waals surface area contributed by atoms with Crippen molar-refractivity contribution in [2.24, 2.45) is 0 Å². The van der Waals surface area contributed by atoms with Gasteiger partial charge < -0.3 is 0 Å². The van der Waals surface area contributed by atoms with E-state index in [1.54, 1.807) is 11.3 Å². The summed E-state index contributed by atoms with van der Waals surface area (Å²) < 4.78 is 0. The molecule has 0 radical (unpaired) electrons. The molecule has 0 bridgehead atoms. The fourth-order valence-electron chi connectivity index (χ4n) is 1.78. The Morgan fingerprint density at radius 3 is 1.89 bits per heavy atom. The molecule has 2 aromatic carbocycles. The van der Waals surface area contributed by atoms with Gasteiger partial charge in [0, 0.05) is 0 Å². The summed E-state index contributed by atoms with van der Waals surface area (Å²) in [7, 11) is 0. The molecule has 3 aromatic rings. The Morgan fingerprint density at radius 2 is 1.28 bits per heavy atom. The van der Waals surface area contributed by atoms with Crippen LogP contribution in [-0.2, 0) is 0 Å². The van der Waals surface area contributed by atoms with Crippen molar-refractivity contribution in [2.45, 2.75) is 0 Å². The van der Waals surface area contributed by atoms with Gasteiger partial charge in [0.15, 0.2) is 0 Å². The molecule has 0 atom stereocenters. The van der Waals surface area contributed by atoms with E-state index in [9.17, 15) is 0 Å². The predicted molar refractivity (Wildman–Crippen MR) is 74.0 cm³/mol. The van der Waals surface area contributed by atoms with Crippen molar-refractivity contribution >= 4 is 11.3 Å². The molecule has 0 fully saturated rings. The van der Waals surface area contributed by atoms with Gasteiger partial charge in [0.05, 0.1) is 0 Å². The van der Waals surface area contributed by atoms with Crippen LogP contribution in [0.1, 0.15) is 0 Å². The Bertz CT molecular complexity index is 545. The summed E-state index contributed by atoms with van der Waals surface area (Å²) in [5, 5.41) is 0. The average molecular weight is 242 g/mol. The quantitative estimate of drug-likeness (QED) is 0.475. The van der Waals surface area contributed by atoms with Crippen molar-refractivity contribution in [3.8, 4) is 20.9 Å². The standard InChI is InChI=1S/C16H11S.Li/c1-3-7-13(8-4-1)15-11-12-16(17-15)14-9-5-2-6-10-14;/h1-11H;/q-1;+1. The third kappa shape index (κ3) is 2.76. The third-order valence-electron chi connectivity index (χ3n) is 2.64. The fraction of sp³-hybridized carbons (Fsp3) is 0. The molecule has 0 amide bonds. The van der Waals surface area contributed by atoms with E-state index < -0.39 is 0 Å². The average Bonchev–Trinajstić information content (AvgIpc) is 2.90. The summed E-state index contributed by atoms with van der Waals surface area (Å²) in [6, 6.07) is 26.3. The number of hydrogen-bond acceptors (Lipinski definition) is 1. The van der Waals surface area contributed by atoms with E-state index in [1.165, 1.54) is 20.9 Å². The zero-order chi connectivity index (χ0) is 11.5. The van der Waals surface area contributed by atoms with Gasteiger partial charge in [-0.25, -0.2) is 11.3 Å². The van der Waals surface area contributed by atoms with E-state index in [0.717, 1.165) is 0 Å². The number of benzene rings is 2. The molecule has 0 aliphatic heterocycles. The van der Waals surface area contributed by atoms with Crippen molar-refractivity contribution < 1.29 is 18.9 Å². The van der Waals surface area contributed by atoms with Crippen LogP contribution in [0.15, 0.2) is 66.7 Å². The molecule has 0 saturated heterocycles. The van der Waals surface area contributed by atoms with Crippen molar-refractivity contribution in [3.05, 3.63) is 72.8 Å². The first-order valence-corrected chi connectivity index (χ1v) is 6.37. The maximum absolute atomic E-state index is 3.34. The second-order valence-corrected chi connectivity index (χ2v) is 4.87. The molecule has 1 heterocycles. The van der Waals surface area contributed by atoms with E-state index >= 15 is 0 Å². The van der Waals surface area contributed by atoms with Crippen LogP contribution in [0.25, 0.3) is 20.9 Å². The minimum atomic E-state index is 0. The fourth-order valence-corrected chi connectivity index (χ4v) is 2.74. The van der Waals surface area contributed by atoms with Crippen LogP contribution < -0.4 is 18.9 Å². The van der Waals surface area contributed by atoms with Crippen LogP contribution in [0.5, 0.6) is 0 Å². The molecule has 0 nitrogen and oxygen atoms in total. The van der Waals surface area contributed by atoms with Crippen LogP contribution in [0.3, 0.4) is 0 Å². The summed E-state index contributed by atoms with van der Waals surface area (Å²) in [6.45, 7) is 0. The summed E-state index contributed by atoms with van der Waals surface area (Å²) in [4.78, 5) is 2.47. The van der Waals surface area contributed by atoms with Crippen molar-refractivity contribution in [3.63, 3.8) is 0 Å².